The van der Waals surface area contributed by atoms with E-state index in [-0.39, 0.29) is 0 Å². The van der Waals surface area contributed by atoms with Crippen molar-refractivity contribution in [3.63, 3.8) is 0 Å². The van der Waals surface area contributed by atoms with E-state index in [4.69, 9.17) is 8.94 Å². The van der Waals surface area contributed by atoms with Gasteiger partial charge in [-0.15, -0.1) is 0 Å². The van der Waals surface area contributed by atoms with Gasteiger partial charge in [0, 0.05) is 10.7 Å². The van der Waals surface area contributed by atoms with Gasteiger partial charge in [0.1, 0.15) is 11.3 Å². The number of hydrogen-bond donors (Lipinski definition) is 0. The molecule has 0 spiro atoms. The topological polar surface area (TPSA) is 65.0 Å². The van der Waals surface area contributed by atoms with Crippen molar-refractivity contribution in [3.05, 3.63) is 47.2 Å². The number of aromatic nitrogens is 3. The summed E-state index contributed by atoms with van der Waals surface area (Å²) in [5.41, 5.74) is 0.780. The van der Waals surface area contributed by atoms with E-state index in [0.29, 0.717) is 17.5 Å². The molecule has 0 amide bonds. The SMILES string of the molecule is Brc1cccnc1SCc1noc(-c2ccoc2)n1. The lowest BCUT2D eigenvalue weighted by Crippen LogP contribution is -1.86. The highest BCUT2D eigenvalue weighted by Gasteiger charge is 2.11. The third-order valence-corrected chi connectivity index (χ3v) is 4.20. The molecule has 0 N–H and O–H groups in total. The predicted octanol–water partition coefficient (Wildman–Crippen LogP) is 3.78. The molecular formula is C12H8BrN3O2S. The van der Waals surface area contributed by atoms with Gasteiger partial charge in [-0.25, -0.2) is 4.98 Å². The van der Waals surface area contributed by atoms with Gasteiger partial charge >= 0.3 is 0 Å². The molecular weight excluding hydrogens is 330 g/mol. The van der Waals surface area contributed by atoms with Crippen molar-refractivity contribution in [3.8, 4) is 11.5 Å². The summed E-state index contributed by atoms with van der Waals surface area (Å²) in [6.45, 7) is 0. The summed E-state index contributed by atoms with van der Waals surface area (Å²) in [7, 11) is 0. The van der Waals surface area contributed by atoms with Crippen LogP contribution in [0.1, 0.15) is 5.82 Å². The third-order valence-electron chi connectivity index (χ3n) is 2.30. The first-order chi connectivity index (χ1) is 9.33. The first-order valence-electron chi connectivity index (χ1n) is 5.41. The molecule has 3 aromatic rings. The van der Waals surface area contributed by atoms with E-state index in [0.717, 1.165) is 15.1 Å². The van der Waals surface area contributed by atoms with Crippen LogP contribution in [-0.2, 0) is 5.75 Å². The fourth-order valence-electron chi connectivity index (χ4n) is 1.43. The van der Waals surface area contributed by atoms with E-state index < -0.39 is 0 Å². The van der Waals surface area contributed by atoms with E-state index in [2.05, 4.69) is 31.1 Å². The van der Waals surface area contributed by atoms with Gasteiger partial charge in [0.2, 0.25) is 0 Å². The van der Waals surface area contributed by atoms with Crippen LogP contribution >= 0.6 is 27.7 Å². The van der Waals surface area contributed by atoms with Crippen LogP contribution in [0.5, 0.6) is 0 Å². The molecule has 0 bridgehead atoms. The van der Waals surface area contributed by atoms with E-state index in [9.17, 15) is 0 Å². The molecule has 19 heavy (non-hydrogen) atoms. The van der Waals surface area contributed by atoms with Crippen molar-refractivity contribution in [1.29, 1.82) is 0 Å². The fraction of sp³-hybridized carbons (Fsp3) is 0.0833. The maximum atomic E-state index is 5.16. The van der Waals surface area contributed by atoms with Gasteiger partial charge in [0.05, 0.1) is 17.6 Å². The van der Waals surface area contributed by atoms with Gasteiger partial charge in [-0.1, -0.05) is 16.9 Å². The Morgan fingerprint density at radius 2 is 2.26 bits per heavy atom. The van der Waals surface area contributed by atoms with Crippen LogP contribution in [0, 0.1) is 0 Å². The average molecular weight is 338 g/mol. The van der Waals surface area contributed by atoms with Crippen LogP contribution in [0.25, 0.3) is 11.5 Å². The fourth-order valence-corrected chi connectivity index (χ4v) is 2.75. The van der Waals surface area contributed by atoms with Crippen LogP contribution in [-0.4, -0.2) is 15.1 Å². The van der Waals surface area contributed by atoms with E-state index in [1.807, 2.05) is 12.1 Å². The van der Waals surface area contributed by atoms with Crippen molar-refractivity contribution in [2.75, 3.05) is 0 Å². The lowest BCUT2D eigenvalue weighted by molar-refractivity contribution is 0.424. The normalized spacial score (nSPS) is 10.8. The predicted molar refractivity (Wildman–Crippen MR) is 73.5 cm³/mol. The summed E-state index contributed by atoms with van der Waals surface area (Å²) in [6, 6.07) is 5.60. The van der Waals surface area contributed by atoms with E-state index in [1.165, 1.54) is 0 Å². The molecule has 3 rings (SSSR count). The maximum absolute atomic E-state index is 5.16. The minimum atomic E-state index is 0.462. The van der Waals surface area contributed by atoms with Gasteiger partial charge in [0.25, 0.3) is 5.89 Å². The lowest BCUT2D eigenvalue weighted by Gasteiger charge is -1.99. The number of pyridine rings is 1. The average Bonchev–Trinajstić information content (AvgIpc) is 3.09. The second kappa shape index (κ2) is 5.58. The van der Waals surface area contributed by atoms with Crippen LogP contribution in [0.4, 0.5) is 0 Å². The van der Waals surface area contributed by atoms with Crippen molar-refractivity contribution >= 4 is 27.7 Å². The molecule has 0 atom stereocenters. The van der Waals surface area contributed by atoms with Gasteiger partial charge < -0.3 is 8.94 Å². The number of nitrogens with zero attached hydrogens (tertiary/aromatic N) is 3. The molecule has 7 heteroatoms. The van der Waals surface area contributed by atoms with Gasteiger partial charge in [-0.3, -0.25) is 0 Å². The molecule has 0 aliphatic heterocycles. The minimum absolute atomic E-state index is 0.462. The zero-order chi connectivity index (χ0) is 13.1. The molecule has 0 radical (unpaired) electrons. The smallest absolute Gasteiger partial charge is 0.261 e. The monoisotopic (exact) mass is 337 g/mol. The molecule has 3 aromatic heterocycles. The number of hydrogen-bond acceptors (Lipinski definition) is 6. The Morgan fingerprint density at radius 1 is 1.32 bits per heavy atom. The van der Waals surface area contributed by atoms with Crippen LogP contribution in [0.3, 0.4) is 0 Å². The Bertz CT molecular complexity index is 669. The Hall–Kier alpha value is -1.60. The summed E-state index contributed by atoms with van der Waals surface area (Å²) >= 11 is 4.99. The van der Waals surface area contributed by atoms with Gasteiger partial charge in [-0.2, -0.15) is 4.98 Å². The number of thioether (sulfide) groups is 1. The third kappa shape index (κ3) is 2.87. The zero-order valence-corrected chi connectivity index (χ0v) is 12.0. The minimum Gasteiger partial charge on any atom is -0.472 e. The van der Waals surface area contributed by atoms with Crippen molar-refractivity contribution in [2.45, 2.75) is 10.8 Å². The van der Waals surface area contributed by atoms with E-state index >= 15 is 0 Å². The molecule has 3 heterocycles. The Morgan fingerprint density at radius 3 is 3.05 bits per heavy atom. The molecule has 96 valence electrons. The summed E-state index contributed by atoms with van der Waals surface area (Å²) in [5, 5.41) is 4.83. The lowest BCUT2D eigenvalue weighted by atomic mass is 10.3. The number of rotatable bonds is 4. The molecule has 0 saturated heterocycles. The number of furan rings is 1. The molecule has 0 aromatic carbocycles. The number of halogens is 1. The van der Waals surface area contributed by atoms with Crippen molar-refractivity contribution in [1.82, 2.24) is 15.1 Å². The van der Waals surface area contributed by atoms with Crippen LogP contribution in [0.15, 0.2) is 55.4 Å². The largest absolute Gasteiger partial charge is 0.472 e. The highest BCUT2D eigenvalue weighted by Crippen LogP contribution is 2.27. The molecule has 0 aliphatic rings. The Balaban J connectivity index is 1.70. The van der Waals surface area contributed by atoms with E-state index in [1.54, 1.807) is 36.6 Å². The Kier molecular flexibility index (Phi) is 3.65. The maximum Gasteiger partial charge on any atom is 0.261 e. The first kappa shape index (κ1) is 12.4. The van der Waals surface area contributed by atoms with Crippen LogP contribution < -0.4 is 0 Å². The summed E-state index contributed by atoms with van der Waals surface area (Å²) in [5.74, 6) is 1.68. The molecule has 0 unspecified atom stereocenters. The van der Waals surface area contributed by atoms with Crippen molar-refractivity contribution in [2.24, 2.45) is 0 Å². The molecule has 5 nitrogen and oxygen atoms in total. The van der Waals surface area contributed by atoms with Crippen molar-refractivity contribution < 1.29 is 8.94 Å². The summed E-state index contributed by atoms with van der Waals surface area (Å²) in [6.07, 6.45) is 4.89. The second-order valence-corrected chi connectivity index (χ2v) is 5.43. The summed E-state index contributed by atoms with van der Waals surface area (Å²) in [4.78, 5) is 8.56. The molecule has 0 aliphatic carbocycles. The van der Waals surface area contributed by atoms with Gasteiger partial charge in [0.15, 0.2) is 5.82 Å². The quantitative estimate of drug-likeness (QED) is 0.675. The summed E-state index contributed by atoms with van der Waals surface area (Å²) < 4.78 is 11.1. The molecule has 0 saturated carbocycles. The second-order valence-electron chi connectivity index (χ2n) is 3.61. The van der Waals surface area contributed by atoms with Crippen LogP contribution in [0.2, 0.25) is 0 Å². The molecule has 0 fully saturated rings. The zero-order valence-electron chi connectivity index (χ0n) is 9.62. The highest BCUT2D eigenvalue weighted by molar-refractivity contribution is 9.10. The first-order valence-corrected chi connectivity index (χ1v) is 7.19. The van der Waals surface area contributed by atoms with Gasteiger partial charge in [-0.05, 0) is 34.1 Å². The Labute approximate surface area is 121 Å². The highest BCUT2D eigenvalue weighted by atomic mass is 79.9. The standard InChI is InChI=1S/C12H8BrN3O2S/c13-9-2-1-4-14-12(9)19-7-10-15-11(18-16-10)8-3-5-17-6-8/h1-6H,7H2.